The number of nitrogens with one attached hydrogen (secondary N) is 1. The fraction of sp³-hybridized carbons (Fsp3) is 0.261. The van der Waals surface area contributed by atoms with Gasteiger partial charge < -0.3 is 10.2 Å². The quantitative estimate of drug-likeness (QED) is 0.640. The summed E-state index contributed by atoms with van der Waals surface area (Å²) < 4.78 is 14.6. The number of para-hydroxylation sites is 1. The summed E-state index contributed by atoms with van der Waals surface area (Å²) >= 11 is 6.53. The number of hydrogen-bond acceptors (Lipinski definition) is 4. The molecule has 0 atom stereocenters. The van der Waals surface area contributed by atoms with Gasteiger partial charge in [-0.1, -0.05) is 29.8 Å². The molecule has 4 rings (SSSR count). The molecule has 32 heavy (non-hydrogen) atoms. The van der Waals surface area contributed by atoms with E-state index in [1.165, 1.54) is 24.3 Å². The number of carbonyl (C=O) groups is 2. The van der Waals surface area contributed by atoms with Crippen LogP contribution in [0.1, 0.15) is 16.1 Å². The summed E-state index contributed by atoms with van der Waals surface area (Å²) in [5.41, 5.74) is 2.31. The first-order valence-corrected chi connectivity index (χ1v) is 10.7. The number of aromatic nitrogens is 2. The van der Waals surface area contributed by atoms with Crippen LogP contribution in [-0.4, -0.2) is 64.1 Å². The summed E-state index contributed by atoms with van der Waals surface area (Å²) in [5, 5.41) is 7.49. The van der Waals surface area contributed by atoms with E-state index < -0.39 is 0 Å². The number of amides is 2. The fourth-order valence-electron chi connectivity index (χ4n) is 3.69. The van der Waals surface area contributed by atoms with Crippen molar-refractivity contribution in [1.29, 1.82) is 0 Å². The van der Waals surface area contributed by atoms with E-state index in [0.29, 0.717) is 48.3 Å². The fourth-order valence-corrected chi connectivity index (χ4v) is 4.04. The normalized spacial score (nSPS) is 14.4. The molecular weight excluding hydrogens is 433 g/mol. The van der Waals surface area contributed by atoms with Crippen molar-refractivity contribution in [2.24, 2.45) is 0 Å². The van der Waals surface area contributed by atoms with E-state index in [9.17, 15) is 14.0 Å². The summed E-state index contributed by atoms with van der Waals surface area (Å²) in [7, 11) is 0. The first-order chi connectivity index (χ1) is 15.4. The molecule has 1 aliphatic rings. The van der Waals surface area contributed by atoms with E-state index in [1.807, 2.05) is 35.2 Å². The van der Waals surface area contributed by atoms with Gasteiger partial charge in [0.2, 0.25) is 5.91 Å². The second-order valence-electron chi connectivity index (χ2n) is 7.62. The lowest BCUT2D eigenvalue weighted by Crippen LogP contribution is -2.50. The van der Waals surface area contributed by atoms with Gasteiger partial charge >= 0.3 is 0 Å². The van der Waals surface area contributed by atoms with Crippen molar-refractivity contribution in [2.75, 3.05) is 38.0 Å². The maximum Gasteiger partial charge on any atom is 0.258 e. The molecule has 0 aliphatic carbocycles. The van der Waals surface area contributed by atoms with Crippen LogP contribution in [0.25, 0.3) is 5.69 Å². The van der Waals surface area contributed by atoms with Gasteiger partial charge in [-0.2, -0.15) is 5.10 Å². The maximum absolute atomic E-state index is 13.1. The van der Waals surface area contributed by atoms with Gasteiger partial charge in [-0.3, -0.25) is 14.5 Å². The summed E-state index contributed by atoms with van der Waals surface area (Å²) in [6.45, 7) is 4.06. The zero-order chi connectivity index (χ0) is 22.7. The van der Waals surface area contributed by atoms with E-state index in [1.54, 1.807) is 16.5 Å². The highest BCUT2D eigenvalue weighted by molar-refractivity contribution is 6.33. The second-order valence-corrected chi connectivity index (χ2v) is 7.98. The van der Waals surface area contributed by atoms with Crippen LogP contribution in [0, 0.1) is 12.7 Å². The Morgan fingerprint density at radius 1 is 1.03 bits per heavy atom. The molecule has 1 aliphatic heterocycles. The van der Waals surface area contributed by atoms with Crippen LogP contribution in [0.3, 0.4) is 0 Å². The van der Waals surface area contributed by atoms with Crippen LogP contribution in [0.15, 0.2) is 54.6 Å². The van der Waals surface area contributed by atoms with Gasteiger partial charge in [-0.15, -0.1) is 0 Å². The van der Waals surface area contributed by atoms with Crippen molar-refractivity contribution >= 4 is 29.1 Å². The molecule has 2 aromatic carbocycles. The molecule has 3 aromatic rings. The van der Waals surface area contributed by atoms with Crippen LogP contribution in [0.4, 0.5) is 10.1 Å². The zero-order valence-electron chi connectivity index (χ0n) is 17.6. The number of piperazine rings is 1. The topological polar surface area (TPSA) is 70.5 Å². The van der Waals surface area contributed by atoms with Crippen molar-refractivity contribution < 1.29 is 14.0 Å². The highest BCUT2D eigenvalue weighted by Crippen LogP contribution is 2.25. The first kappa shape index (κ1) is 22.0. The predicted octanol–water partition coefficient (Wildman–Crippen LogP) is 3.37. The van der Waals surface area contributed by atoms with E-state index in [-0.39, 0.29) is 24.2 Å². The van der Waals surface area contributed by atoms with Gasteiger partial charge in [0, 0.05) is 31.9 Å². The highest BCUT2D eigenvalue weighted by Gasteiger charge is 2.28. The molecule has 1 fully saturated rings. The maximum atomic E-state index is 13.1. The van der Waals surface area contributed by atoms with Gasteiger partial charge in [0.05, 0.1) is 23.5 Å². The molecule has 9 heteroatoms. The molecule has 0 bridgehead atoms. The standard InChI is InChI=1S/C23H23ClFN5O2/c1-16-21(22(24)30(27-16)19-5-3-2-4-6-19)23(32)29-13-11-28(12-14-29)15-20(31)26-18-9-7-17(25)8-10-18/h2-10H,11-15H2,1H3,(H,26,31). The molecule has 0 unspecified atom stereocenters. The molecule has 2 amide bonds. The molecule has 1 saturated heterocycles. The first-order valence-electron chi connectivity index (χ1n) is 10.3. The molecule has 0 radical (unpaired) electrons. The number of nitrogens with zero attached hydrogens (tertiary/aromatic N) is 4. The third-order valence-corrected chi connectivity index (χ3v) is 5.72. The van der Waals surface area contributed by atoms with Crippen LogP contribution < -0.4 is 5.32 Å². The smallest absolute Gasteiger partial charge is 0.258 e. The lowest BCUT2D eigenvalue weighted by molar-refractivity contribution is -0.117. The third-order valence-electron chi connectivity index (χ3n) is 5.37. The predicted molar refractivity (Wildman–Crippen MR) is 121 cm³/mol. The van der Waals surface area contributed by atoms with Crippen LogP contribution in [0.2, 0.25) is 5.15 Å². The minimum atomic E-state index is -0.353. The Morgan fingerprint density at radius 3 is 2.34 bits per heavy atom. The average molecular weight is 456 g/mol. The number of aryl methyl sites for hydroxylation is 1. The van der Waals surface area contributed by atoms with Crippen molar-refractivity contribution in [2.45, 2.75) is 6.92 Å². The van der Waals surface area contributed by atoms with E-state index >= 15 is 0 Å². The van der Waals surface area contributed by atoms with Crippen molar-refractivity contribution in [1.82, 2.24) is 19.6 Å². The molecule has 2 heterocycles. The van der Waals surface area contributed by atoms with Crippen molar-refractivity contribution in [3.63, 3.8) is 0 Å². The number of rotatable bonds is 5. The molecule has 7 nitrogen and oxygen atoms in total. The summed E-state index contributed by atoms with van der Waals surface area (Å²) in [5.74, 6) is -0.696. The summed E-state index contributed by atoms with van der Waals surface area (Å²) in [4.78, 5) is 29.1. The highest BCUT2D eigenvalue weighted by atomic mass is 35.5. The monoisotopic (exact) mass is 455 g/mol. The largest absolute Gasteiger partial charge is 0.336 e. The van der Waals surface area contributed by atoms with Gasteiger partial charge in [-0.25, -0.2) is 9.07 Å². The Bertz CT molecular complexity index is 1110. The number of halogens is 2. The van der Waals surface area contributed by atoms with Gasteiger partial charge in [0.1, 0.15) is 11.0 Å². The Morgan fingerprint density at radius 2 is 1.69 bits per heavy atom. The number of carbonyl (C=O) groups excluding carboxylic acids is 2. The minimum Gasteiger partial charge on any atom is -0.336 e. The SMILES string of the molecule is Cc1nn(-c2ccccc2)c(Cl)c1C(=O)N1CCN(CC(=O)Nc2ccc(F)cc2)CC1. The molecule has 0 spiro atoms. The molecule has 1 aromatic heterocycles. The van der Waals surface area contributed by atoms with Gasteiger partial charge in [0.25, 0.3) is 5.91 Å². The molecule has 1 N–H and O–H groups in total. The summed E-state index contributed by atoms with van der Waals surface area (Å²) in [6.07, 6.45) is 0. The van der Waals surface area contributed by atoms with Crippen LogP contribution in [-0.2, 0) is 4.79 Å². The van der Waals surface area contributed by atoms with E-state index in [0.717, 1.165) is 5.69 Å². The third kappa shape index (κ3) is 4.81. The lowest BCUT2D eigenvalue weighted by atomic mass is 10.2. The number of benzene rings is 2. The van der Waals surface area contributed by atoms with Crippen LogP contribution >= 0.6 is 11.6 Å². The van der Waals surface area contributed by atoms with Crippen LogP contribution in [0.5, 0.6) is 0 Å². The van der Waals surface area contributed by atoms with Crippen molar-refractivity contribution in [3.05, 3.63) is 76.8 Å². The van der Waals surface area contributed by atoms with Gasteiger partial charge in [0.15, 0.2) is 0 Å². The van der Waals surface area contributed by atoms with E-state index in [4.69, 9.17) is 11.6 Å². The zero-order valence-corrected chi connectivity index (χ0v) is 18.3. The Kier molecular flexibility index (Phi) is 6.53. The number of hydrogen-bond donors (Lipinski definition) is 1. The Hall–Kier alpha value is -3.23. The molecule has 0 saturated carbocycles. The Balaban J connectivity index is 1.35. The molecular formula is C23H23ClFN5O2. The minimum absolute atomic E-state index is 0.162. The average Bonchev–Trinajstić information content (AvgIpc) is 3.10. The van der Waals surface area contributed by atoms with E-state index in [2.05, 4.69) is 10.4 Å². The number of anilines is 1. The summed E-state index contributed by atoms with van der Waals surface area (Å²) in [6, 6.07) is 15.1. The lowest BCUT2D eigenvalue weighted by Gasteiger charge is -2.34. The molecule has 166 valence electrons. The Labute approximate surface area is 190 Å². The van der Waals surface area contributed by atoms with Gasteiger partial charge in [-0.05, 0) is 43.3 Å². The van der Waals surface area contributed by atoms with Crippen molar-refractivity contribution in [3.8, 4) is 5.69 Å². The second kappa shape index (κ2) is 9.50.